The normalized spacial score (nSPS) is 31.7. The number of nitrogens with one attached hydrogen (secondary N) is 4. The molecule has 48 heteroatoms. The summed E-state index contributed by atoms with van der Waals surface area (Å²) in [5.41, 5.74) is -15.4. The minimum absolute atomic E-state index is 0.214. The molecule has 0 saturated carbocycles. The summed E-state index contributed by atoms with van der Waals surface area (Å²) >= 11 is 0. The standard InChI is InChI=1S/C84H116N6O42/c1-37(91)55(103)47(95)29-51(99)85-81(121)67(111)59(107)63(129-77(81)125-33-41-18-9-5-10-19-41)73(117)89(74(118)64-60(108)68(112)82(122,86-52(100)30-48(96)56(104)38(2)92)78(130-64)126-34-42-20-11-6-12-21-42)71(115)45-26-17-27-46(28-45)72(116)90(75(119)65-61(109)69(113)83(123,87-53(101)31-49(97)57(105)39(3)93)79(131-65)127-35-43-22-13-7-14-23-43)76(120)66-62(110)70(114)84(124,88-54(102)32-50(98)58(106)40(4)94)80(132-66)128-36-44-24-15-8-16-25-44/h5-28,37-40,47-50,55-70,73-80,91-98,103-114,117-124H,29-36H2,1-4H3,(H,85,99)(H,86,100)(H,87,101)(H,88,102)/t37-,38-,39-,40-,47-,48-,49-,50-,55-,56-,57-,58-,59-,60-,61-,62-,63+,64+,65+,66+,67+,68+,69+,70+,73?,74?,75?,76?,77+,78+,79+,80+,81-,82-,83-,84-/m1/s1. The monoisotopic (exact) mass is 1880 g/mol. The van der Waals surface area contributed by atoms with Crippen LogP contribution >= 0.6 is 0 Å². The zero-order valence-electron chi connectivity index (χ0n) is 71.1. The first kappa shape index (κ1) is 107. The molecule has 36 atom stereocenters. The lowest BCUT2D eigenvalue weighted by Gasteiger charge is -2.52. The number of amides is 6. The number of carbonyl (C=O) groups is 6. The zero-order valence-corrected chi connectivity index (χ0v) is 71.1. The Labute approximate surface area is 751 Å². The first-order chi connectivity index (χ1) is 62.0. The predicted octanol–water partition coefficient (Wildman–Crippen LogP) is -12.3. The van der Waals surface area contributed by atoms with E-state index in [2.05, 4.69) is 0 Å². The second-order valence-electron chi connectivity index (χ2n) is 32.8. The van der Waals surface area contributed by atoms with Crippen LogP contribution in [0, 0.1) is 0 Å². The molecule has 48 nitrogen and oxygen atoms in total. The van der Waals surface area contributed by atoms with Gasteiger partial charge in [0.25, 0.3) is 11.8 Å². The van der Waals surface area contributed by atoms with E-state index in [4.69, 9.17) is 37.9 Å². The lowest BCUT2D eigenvalue weighted by atomic mass is 9.89. The van der Waals surface area contributed by atoms with E-state index in [0.717, 1.165) is 45.9 Å². The van der Waals surface area contributed by atoms with Gasteiger partial charge in [0.1, 0.15) is 97.7 Å². The molecular weight excluding hydrogens is 1760 g/mol. The average molecular weight is 1880 g/mol. The maximum atomic E-state index is 16.2. The van der Waals surface area contributed by atoms with Crippen LogP contribution in [0.2, 0.25) is 0 Å². The molecule has 0 radical (unpaired) electrons. The fraction of sp³-hybridized carbons (Fsp3) is 0.571. The molecule has 734 valence electrons. The largest absolute Gasteiger partial charge is 0.391 e. The van der Waals surface area contributed by atoms with Crippen molar-refractivity contribution < 1.29 is 210 Å². The van der Waals surface area contributed by atoms with Crippen molar-refractivity contribution in [1.29, 1.82) is 0 Å². The van der Waals surface area contributed by atoms with Gasteiger partial charge >= 0.3 is 0 Å². The highest BCUT2D eigenvalue weighted by atomic mass is 16.7. The number of rotatable bonds is 42. The van der Waals surface area contributed by atoms with E-state index in [1.807, 2.05) is 21.3 Å². The van der Waals surface area contributed by atoms with Gasteiger partial charge < -0.3 is 202 Å². The Kier molecular flexibility index (Phi) is 37.6. The summed E-state index contributed by atoms with van der Waals surface area (Å²) in [6.45, 7) is 1.26. The highest BCUT2D eigenvalue weighted by Crippen LogP contribution is 2.41. The number of aliphatic hydroxyl groups is 28. The quantitative estimate of drug-likeness (QED) is 0.0161. The van der Waals surface area contributed by atoms with E-state index < -0.39 is 318 Å². The second-order valence-corrected chi connectivity index (χ2v) is 32.8. The minimum Gasteiger partial charge on any atom is -0.391 e. The summed E-state index contributed by atoms with van der Waals surface area (Å²) in [7, 11) is 0. The molecule has 32 N–H and O–H groups in total. The SMILES string of the molecule is C[C@@H](O)[C@@H](O)[C@H](O)CC(=O)N[C@]1(O)[C@@H](OCc2ccccc2)O[C@H](C(O)N(C(=O)c2cccc(C(=O)N(C(O)[C@H]3O[C@H](OCc4ccccc4)[C@@](O)(NC(=O)C[C@@H](O)[C@H](O)[C@@H](C)O)[C@@H](O)[C@@H]3O)C(O)[C@H]3O[C@H](OCc4ccccc4)[C@@](O)(NC(=O)C[C@@H](O)[C@H](O)[C@@H](C)O)[C@@H](O)[C@@H]3O)c2)C(O)[C@H]2O[C@H](OCc3ccccc3)[C@@](O)(NC(=O)C[C@@H](O)[C@H](O)[C@@H](C)O)[C@@H](O)[C@@H]2O)[C@@H](O)[C@@H]1O. The van der Waals surface area contributed by atoms with Crippen LogP contribution in [0.15, 0.2) is 146 Å². The second kappa shape index (κ2) is 46.3. The van der Waals surface area contributed by atoms with E-state index in [0.29, 0.717) is 6.07 Å². The maximum Gasteiger partial charge on any atom is 0.258 e. The van der Waals surface area contributed by atoms with Gasteiger partial charge in [-0.25, -0.2) is 0 Å². The third-order valence-electron chi connectivity index (χ3n) is 22.6. The van der Waals surface area contributed by atoms with Crippen molar-refractivity contribution in [3.8, 4) is 0 Å². The Morgan fingerprint density at radius 3 is 0.682 bits per heavy atom. The number of hydrogen-bond acceptors (Lipinski definition) is 42. The lowest BCUT2D eigenvalue weighted by molar-refractivity contribution is -0.376. The molecular formula is C84H116N6O42. The molecule has 4 heterocycles. The molecule has 9 rings (SSSR count). The topological polar surface area (TPSA) is 797 Å². The van der Waals surface area contributed by atoms with Crippen molar-refractivity contribution in [3.63, 3.8) is 0 Å². The van der Waals surface area contributed by atoms with Gasteiger partial charge in [0.2, 0.25) is 71.7 Å². The molecule has 0 aromatic heterocycles. The van der Waals surface area contributed by atoms with Crippen LogP contribution in [0.5, 0.6) is 0 Å². The molecule has 5 aromatic rings. The van der Waals surface area contributed by atoms with Crippen LogP contribution < -0.4 is 21.3 Å². The van der Waals surface area contributed by atoms with E-state index in [9.17, 15) is 162 Å². The Balaban J connectivity index is 1.20. The predicted molar refractivity (Wildman–Crippen MR) is 436 cm³/mol. The van der Waals surface area contributed by atoms with Crippen LogP contribution in [0.4, 0.5) is 0 Å². The molecule has 4 unspecified atom stereocenters. The van der Waals surface area contributed by atoms with Crippen molar-refractivity contribution in [2.75, 3.05) is 0 Å². The molecule has 6 amide bonds. The smallest absolute Gasteiger partial charge is 0.258 e. The van der Waals surface area contributed by atoms with Crippen molar-refractivity contribution in [2.45, 2.75) is 299 Å². The molecule has 0 aliphatic carbocycles. The van der Waals surface area contributed by atoms with Gasteiger partial charge in [0.15, 0.2) is 24.9 Å². The fourth-order valence-corrected chi connectivity index (χ4v) is 14.9. The lowest BCUT2D eigenvalue weighted by Crippen LogP contribution is -2.77. The van der Waals surface area contributed by atoms with Crippen molar-refractivity contribution in [2.24, 2.45) is 0 Å². The van der Waals surface area contributed by atoms with Crippen LogP contribution in [0.3, 0.4) is 0 Å². The summed E-state index contributed by atoms with van der Waals surface area (Å²) in [6, 6.07) is 32.2. The number of nitrogens with zero attached hydrogens (tertiary/aromatic N) is 2. The maximum absolute atomic E-state index is 16.2. The highest BCUT2D eigenvalue weighted by molar-refractivity contribution is 6.00. The van der Waals surface area contributed by atoms with E-state index >= 15 is 9.59 Å². The van der Waals surface area contributed by atoms with Gasteiger partial charge in [-0.15, -0.1) is 0 Å². The third kappa shape index (κ3) is 25.0. The summed E-state index contributed by atoms with van der Waals surface area (Å²) in [5, 5.41) is 332. The van der Waals surface area contributed by atoms with Crippen molar-refractivity contribution in [3.05, 3.63) is 179 Å². The molecule has 4 aliphatic heterocycles. The molecule has 0 bridgehead atoms. The van der Waals surface area contributed by atoms with E-state index in [1.165, 1.54) is 97.1 Å². The van der Waals surface area contributed by atoms with Crippen molar-refractivity contribution >= 4 is 35.4 Å². The Bertz CT molecular complexity index is 4000. The first-order valence-corrected chi connectivity index (χ1v) is 41.5. The zero-order chi connectivity index (χ0) is 97.7. The van der Waals surface area contributed by atoms with Crippen LogP contribution in [-0.4, -0.2) is 408 Å². The van der Waals surface area contributed by atoms with E-state index in [-0.39, 0.29) is 32.1 Å². The molecule has 132 heavy (non-hydrogen) atoms. The number of ether oxygens (including phenoxy) is 8. The summed E-state index contributed by atoms with van der Waals surface area (Å²) in [5.74, 6) is -9.91. The summed E-state index contributed by atoms with van der Waals surface area (Å²) < 4.78 is 47.5. The Morgan fingerprint density at radius 2 is 0.500 bits per heavy atom. The number of benzene rings is 5. The van der Waals surface area contributed by atoms with Gasteiger partial charge in [-0.2, -0.15) is 0 Å². The summed E-state index contributed by atoms with van der Waals surface area (Å²) in [4.78, 5) is 87.1. The molecule has 4 fully saturated rings. The van der Waals surface area contributed by atoms with Gasteiger partial charge in [0.05, 0.1) is 101 Å². The van der Waals surface area contributed by atoms with Crippen LogP contribution in [0.1, 0.15) is 96.3 Å². The average Bonchev–Trinajstić information content (AvgIpc) is 0.752. The first-order valence-electron chi connectivity index (χ1n) is 41.5. The molecule has 5 aromatic carbocycles. The highest BCUT2D eigenvalue weighted by Gasteiger charge is 2.66. The molecule has 0 spiro atoms. The number of hydrogen-bond donors (Lipinski definition) is 32. The van der Waals surface area contributed by atoms with Gasteiger partial charge in [-0.05, 0) is 68.1 Å². The van der Waals surface area contributed by atoms with Gasteiger partial charge in [-0.3, -0.25) is 38.6 Å². The third-order valence-corrected chi connectivity index (χ3v) is 22.6. The fourth-order valence-electron chi connectivity index (χ4n) is 14.9. The van der Waals surface area contributed by atoms with Crippen LogP contribution in [0.25, 0.3) is 0 Å². The Hall–Kier alpha value is -8.52. The Morgan fingerprint density at radius 1 is 0.311 bits per heavy atom. The van der Waals surface area contributed by atoms with Gasteiger partial charge in [0, 0.05) is 11.1 Å². The summed E-state index contributed by atoms with van der Waals surface area (Å²) in [6.07, 6.45) is -87.2. The van der Waals surface area contributed by atoms with E-state index in [1.54, 1.807) is 24.3 Å². The number of carbonyl (C=O) groups excluding carboxylic acids is 6. The number of aliphatic hydroxyl groups excluding tert-OH is 24. The van der Waals surface area contributed by atoms with Gasteiger partial charge in [-0.1, -0.05) is 127 Å². The molecule has 4 aliphatic rings. The molecule has 4 saturated heterocycles. The minimum atomic E-state index is -3.50. The van der Waals surface area contributed by atoms with Crippen molar-refractivity contribution in [1.82, 2.24) is 31.1 Å². The van der Waals surface area contributed by atoms with Crippen LogP contribution in [-0.2, 0) is 83.5 Å².